The number of likely N-dealkylation sites (N-methyl/N-ethyl adjacent to an activating group) is 1. The average Bonchev–Trinajstić information content (AvgIpc) is 2.78. The van der Waals surface area contributed by atoms with E-state index in [4.69, 9.17) is 11.6 Å². The van der Waals surface area contributed by atoms with Crippen molar-refractivity contribution in [2.45, 2.75) is 26.3 Å². The molecule has 0 aliphatic carbocycles. The lowest BCUT2D eigenvalue weighted by atomic mass is 10.0. The molecule has 2 nitrogen and oxygen atoms in total. The fourth-order valence-corrected chi connectivity index (χ4v) is 3.12. The highest BCUT2D eigenvalue weighted by Crippen LogP contribution is 2.27. The van der Waals surface area contributed by atoms with Gasteiger partial charge in [-0.05, 0) is 31.5 Å². The van der Waals surface area contributed by atoms with Crippen LogP contribution in [0.2, 0.25) is 5.02 Å². The van der Waals surface area contributed by atoms with Gasteiger partial charge in [-0.1, -0.05) is 36.7 Å². The molecule has 2 rings (SSSR count). The molecule has 1 aromatic heterocycles. The molecular weight excluding hydrogens is 264 g/mol. The molecule has 1 N–H and O–H groups in total. The van der Waals surface area contributed by atoms with Crippen LogP contribution < -0.4 is 5.32 Å². The second-order valence-electron chi connectivity index (χ2n) is 4.21. The number of benzene rings is 1. The fourth-order valence-electron chi connectivity index (χ4n) is 2.03. The molecule has 1 heterocycles. The first-order valence-electron chi connectivity index (χ1n) is 6.09. The van der Waals surface area contributed by atoms with Gasteiger partial charge in [0.05, 0.1) is 11.2 Å². The Bertz CT molecular complexity index is 510. The van der Waals surface area contributed by atoms with E-state index >= 15 is 0 Å². The molecule has 18 heavy (non-hydrogen) atoms. The van der Waals surface area contributed by atoms with Gasteiger partial charge in [0.15, 0.2) is 0 Å². The number of rotatable bonds is 5. The minimum Gasteiger partial charge on any atom is -0.309 e. The molecule has 4 heteroatoms. The highest BCUT2D eigenvalue weighted by atomic mass is 35.5. The van der Waals surface area contributed by atoms with Crippen LogP contribution in [0.1, 0.15) is 29.1 Å². The average molecular weight is 281 g/mol. The van der Waals surface area contributed by atoms with Crippen LogP contribution >= 0.6 is 22.9 Å². The van der Waals surface area contributed by atoms with Crippen molar-refractivity contribution < 1.29 is 0 Å². The second-order valence-corrected chi connectivity index (χ2v) is 5.50. The van der Waals surface area contributed by atoms with Crippen LogP contribution in [-0.4, -0.2) is 11.5 Å². The van der Waals surface area contributed by atoms with Gasteiger partial charge in [0.2, 0.25) is 0 Å². The number of aromatic nitrogens is 1. The summed E-state index contributed by atoms with van der Waals surface area (Å²) in [6, 6.07) is 8.32. The lowest BCUT2D eigenvalue weighted by Crippen LogP contribution is -2.22. The highest BCUT2D eigenvalue weighted by molar-refractivity contribution is 7.09. The summed E-state index contributed by atoms with van der Waals surface area (Å²) in [7, 11) is 0. The minimum atomic E-state index is 0.294. The second kappa shape index (κ2) is 6.32. The van der Waals surface area contributed by atoms with Gasteiger partial charge in [-0.15, -0.1) is 11.3 Å². The van der Waals surface area contributed by atoms with E-state index in [1.165, 1.54) is 10.4 Å². The Labute approximate surface area is 117 Å². The zero-order valence-electron chi connectivity index (χ0n) is 10.6. The third-order valence-electron chi connectivity index (χ3n) is 2.93. The molecule has 0 amide bonds. The number of nitrogens with one attached hydrogen (secondary N) is 1. The van der Waals surface area contributed by atoms with Crippen molar-refractivity contribution in [3.63, 3.8) is 0 Å². The maximum absolute atomic E-state index is 6.23. The van der Waals surface area contributed by atoms with Crippen molar-refractivity contribution in [1.82, 2.24) is 10.3 Å². The van der Waals surface area contributed by atoms with Crippen LogP contribution in [0.15, 0.2) is 29.8 Å². The third-order valence-corrected chi connectivity index (χ3v) is 4.34. The van der Waals surface area contributed by atoms with Crippen LogP contribution in [0.3, 0.4) is 0 Å². The van der Waals surface area contributed by atoms with Crippen molar-refractivity contribution in [2.75, 3.05) is 6.54 Å². The zero-order chi connectivity index (χ0) is 13.0. The molecule has 0 spiro atoms. The summed E-state index contributed by atoms with van der Waals surface area (Å²) in [6.45, 7) is 5.12. The predicted molar refractivity (Wildman–Crippen MR) is 78.4 cm³/mol. The molecule has 96 valence electrons. The summed E-state index contributed by atoms with van der Waals surface area (Å²) in [5, 5.41) is 4.35. The third kappa shape index (κ3) is 3.10. The summed E-state index contributed by atoms with van der Waals surface area (Å²) in [6.07, 6.45) is 0.899. The SMILES string of the molecule is CCNC(Cc1ccccc1Cl)c1scnc1C. The Morgan fingerprint density at radius 3 is 2.78 bits per heavy atom. The van der Waals surface area contributed by atoms with E-state index in [0.717, 1.165) is 23.7 Å². The summed E-state index contributed by atoms with van der Waals surface area (Å²) >= 11 is 7.94. The zero-order valence-corrected chi connectivity index (χ0v) is 12.2. The van der Waals surface area contributed by atoms with Gasteiger partial charge < -0.3 is 5.32 Å². The van der Waals surface area contributed by atoms with Gasteiger partial charge in [-0.25, -0.2) is 4.98 Å². The lowest BCUT2D eigenvalue weighted by Gasteiger charge is -2.17. The van der Waals surface area contributed by atoms with Gasteiger partial charge >= 0.3 is 0 Å². The van der Waals surface area contributed by atoms with Gasteiger partial charge in [0, 0.05) is 15.9 Å². The van der Waals surface area contributed by atoms with E-state index in [1.807, 2.05) is 23.7 Å². The quantitative estimate of drug-likeness (QED) is 0.895. The Kier molecular flexibility index (Phi) is 4.75. The smallest absolute Gasteiger partial charge is 0.0798 e. The molecule has 0 saturated heterocycles. The van der Waals surface area contributed by atoms with E-state index in [-0.39, 0.29) is 0 Å². The molecule has 2 aromatic rings. The van der Waals surface area contributed by atoms with Crippen LogP contribution in [0.4, 0.5) is 0 Å². The Morgan fingerprint density at radius 2 is 2.17 bits per heavy atom. The van der Waals surface area contributed by atoms with Crippen molar-refractivity contribution in [2.24, 2.45) is 0 Å². The molecule has 0 bridgehead atoms. The van der Waals surface area contributed by atoms with E-state index in [1.54, 1.807) is 11.3 Å². The van der Waals surface area contributed by atoms with Gasteiger partial charge in [0.1, 0.15) is 0 Å². The van der Waals surface area contributed by atoms with Crippen LogP contribution in [0.25, 0.3) is 0 Å². The molecule has 1 aromatic carbocycles. The van der Waals surface area contributed by atoms with Gasteiger partial charge in [0.25, 0.3) is 0 Å². The largest absolute Gasteiger partial charge is 0.309 e. The number of hydrogen-bond acceptors (Lipinski definition) is 3. The molecule has 1 atom stereocenters. The Hall–Kier alpha value is -0.900. The Balaban J connectivity index is 2.22. The first-order chi connectivity index (χ1) is 8.72. The van der Waals surface area contributed by atoms with Crippen LogP contribution in [0.5, 0.6) is 0 Å². The van der Waals surface area contributed by atoms with E-state index in [2.05, 4.69) is 30.2 Å². The van der Waals surface area contributed by atoms with Crippen LogP contribution in [-0.2, 0) is 6.42 Å². The molecular formula is C14H17ClN2S. The number of halogens is 1. The summed E-state index contributed by atoms with van der Waals surface area (Å²) in [5.41, 5.74) is 4.19. The molecule has 0 saturated carbocycles. The Morgan fingerprint density at radius 1 is 1.39 bits per heavy atom. The lowest BCUT2D eigenvalue weighted by molar-refractivity contribution is 0.555. The topological polar surface area (TPSA) is 24.9 Å². The molecule has 0 aliphatic heterocycles. The number of aryl methyl sites for hydroxylation is 1. The van der Waals surface area contributed by atoms with E-state index < -0.39 is 0 Å². The predicted octanol–water partition coefficient (Wildman–Crippen LogP) is 4.00. The number of hydrogen-bond donors (Lipinski definition) is 1. The summed E-state index contributed by atoms with van der Waals surface area (Å²) in [4.78, 5) is 5.63. The van der Waals surface area contributed by atoms with E-state index in [0.29, 0.717) is 6.04 Å². The van der Waals surface area contributed by atoms with Gasteiger partial charge in [-0.3, -0.25) is 0 Å². The molecule has 0 radical (unpaired) electrons. The molecule has 0 aliphatic rings. The van der Waals surface area contributed by atoms with Crippen molar-refractivity contribution in [3.05, 3.63) is 50.9 Å². The first-order valence-corrected chi connectivity index (χ1v) is 7.35. The normalized spacial score (nSPS) is 12.6. The van der Waals surface area contributed by atoms with E-state index in [9.17, 15) is 0 Å². The standard InChI is InChI=1S/C14H17ClN2S/c1-3-16-13(14-10(2)17-9-18-14)8-11-6-4-5-7-12(11)15/h4-7,9,13,16H,3,8H2,1-2H3. The maximum atomic E-state index is 6.23. The van der Waals surface area contributed by atoms with Crippen molar-refractivity contribution in [1.29, 1.82) is 0 Å². The maximum Gasteiger partial charge on any atom is 0.0798 e. The van der Waals surface area contributed by atoms with Crippen molar-refractivity contribution in [3.8, 4) is 0 Å². The van der Waals surface area contributed by atoms with Crippen LogP contribution in [0, 0.1) is 6.92 Å². The number of nitrogens with zero attached hydrogens (tertiary/aromatic N) is 1. The van der Waals surface area contributed by atoms with Crippen molar-refractivity contribution >= 4 is 22.9 Å². The summed E-state index contributed by atoms with van der Waals surface area (Å²) < 4.78 is 0. The monoisotopic (exact) mass is 280 g/mol. The number of thiazole rings is 1. The summed E-state index contributed by atoms with van der Waals surface area (Å²) in [5.74, 6) is 0. The van der Waals surface area contributed by atoms with Gasteiger partial charge in [-0.2, -0.15) is 0 Å². The molecule has 1 unspecified atom stereocenters. The fraction of sp³-hybridized carbons (Fsp3) is 0.357. The molecule has 0 fully saturated rings. The first kappa shape index (κ1) is 13.5. The highest BCUT2D eigenvalue weighted by Gasteiger charge is 2.16. The minimum absolute atomic E-state index is 0.294.